The van der Waals surface area contributed by atoms with Crippen LogP contribution in [0.1, 0.15) is 15.9 Å². The van der Waals surface area contributed by atoms with Gasteiger partial charge in [-0.05, 0) is 29.8 Å². The van der Waals surface area contributed by atoms with Crippen molar-refractivity contribution in [3.8, 4) is 11.5 Å². The van der Waals surface area contributed by atoms with Crippen LogP contribution in [-0.4, -0.2) is 26.0 Å². The first-order chi connectivity index (χ1) is 11.9. The molecule has 0 bridgehead atoms. The van der Waals surface area contributed by atoms with Gasteiger partial charge in [0.05, 0.1) is 30.7 Å². The molecule has 0 aromatic heterocycles. The minimum absolute atomic E-state index is 0.0403. The van der Waals surface area contributed by atoms with Crippen molar-refractivity contribution >= 4 is 35.0 Å². The third-order valence-electron chi connectivity index (χ3n) is 3.28. The van der Waals surface area contributed by atoms with Crippen LogP contribution in [0.4, 0.5) is 0 Å². The highest BCUT2D eigenvalue weighted by Gasteiger charge is 2.11. The van der Waals surface area contributed by atoms with Crippen LogP contribution < -0.4 is 20.3 Å². The van der Waals surface area contributed by atoms with E-state index in [0.717, 1.165) is 0 Å². The summed E-state index contributed by atoms with van der Waals surface area (Å²) in [6.07, 6.45) is 0.0403. The summed E-state index contributed by atoms with van der Waals surface area (Å²) in [4.78, 5) is 24.1. The molecular weight excluding hydrogens is 367 g/mol. The van der Waals surface area contributed by atoms with E-state index < -0.39 is 11.8 Å². The Balaban J connectivity index is 1.97. The fourth-order valence-corrected chi connectivity index (χ4v) is 2.34. The molecule has 0 heterocycles. The summed E-state index contributed by atoms with van der Waals surface area (Å²) < 4.78 is 10.2. The number of amides is 2. The lowest BCUT2D eigenvalue weighted by Gasteiger charge is -2.10. The summed E-state index contributed by atoms with van der Waals surface area (Å²) in [7, 11) is 2.96. The second-order valence-electron chi connectivity index (χ2n) is 5.03. The molecule has 6 nitrogen and oxygen atoms in total. The average molecular weight is 383 g/mol. The Morgan fingerprint density at radius 3 is 2.12 bits per heavy atom. The number of halogens is 2. The number of carbonyl (C=O) groups excluding carboxylic acids is 2. The number of hydrazine groups is 1. The number of hydrogen-bond acceptors (Lipinski definition) is 4. The summed E-state index contributed by atoms with van der Waals surface area (Å²) >= 11 is 11.7. The fraction of sp³-hybridized carbons (Fsp3) is 0.176. The van der Waals surface area contributed by atoms with E-state index in [1.165, 1.54) is 26.4 Å². The van der Waals surface area contributed by atoms with Gasteiger partial charge in [0.1, 0.15) is 11.5 Å². The van der Waals surface area contributed by atoms with Crippen molar-refractivity contribution in [1.29, 1.82) is 0 Å². The number of ether oxygens (including phenoxy) is 2. The molecule has 0 unspecified atom stereocenters. The molecule has 25 heavy (non-hydrogen) atoms. The first kappa shape index (κ1) is 18.9. The lowest BCUT2D eigenvalue weighted by atomic mass is 10.1. The lowest BCUT2D eigenvalue weighted by molar-refractivity contribution is -0.121. The lowest BCUT2D eigenvalue weighted by Crippen LogP contribution is -2.42. The number of hydrogen-bond donors (Lipinski definition) is 2. The highest BCUT2D eigenvalue weighted by atomic mass is 35.5. The van der Waals surface area contributed by atoms with Crippen LogP contribution in [0.15, 0.2) is 36.4 Å². The third kappa shape index (κ3) is 5.27. The van der Waals surface area contributed by atoms with E-state index in [9.17, 15) is 9.59 Å². The topological polar surface area (TPSA) is 76.7 Å². The Morgan fingerprint density at radius 1 is 0.920 bits per heavy atom. The number of rotatable bonds is 5. The molecule has 0 aliphatic carbocycles. The van der Waals surface area contributed by atoms with Crippen LogP contribution in [-0.2, 0) is 11.2 Å². The Hall–Kier alpha value is -2.44. The van der Waals surface area contributed by atoms with E-state index in [2.05, 4.69) is 10.9 Å². The minimum atomic E-state index is -0.500. The SMILES string of the molecule is COc1cc(OC)cc(C(=O)NNC(=O)Cc2ccc(Cl)c(Cl)c2)c1. The van der Waals surface area contributed by atoms with Gasteiger partial charge in [0, 0.05) is 11.6 Å². The highest BCUT2D eigenvalue weighted by Crippen LogP contribution is 2.23. The molecule has 8 heteroatoms. The zero-order valence-corrected chi connectivity index (χ0v) is 15.1. The van der Waals surface area contributed by atoms with Crippen LogP contribution in [0, 0.1) is 0 Å². The van der Waals surface area contributed by atoms with E-state index >= 15 is 0 Å². The molecule has 0 fully saturated rings. The third-order valence-corrected chi connectivity index (χ3v) is 4.02. The molecule has 0 radical (unpaired) electrons. The number of methoxy groups -OCH3 is 2. The van der Waals surface area contributed by atoms with Crippen LogP contribution in [0.25, 0.3) is 0 Å². The average Bonchev–Trinajstić information content (AvgIpc) is 2.62. The second kappa shape index (κ2) is 8.60. The molecule has 2 N–H and O–H groups in total. The van der Waals surface area contributed by atoms with Crippen LogP contribution in [0.2, 0.25) is 10.0 Å². The van der Waals surface area contributed by atoms with E-state index in [4.69, 9.17) is 32.7 Å². The van der Waals surface area contributed by atoms with Gasteiger partial charge in [0.25, 0.3) is 5.91 Å². The zero-order chi connectivity index (χ0) is 18.4. The maximum absolute atomic E-state index is 12.2. The monoisotopic (exact) mass is 382 g/mol. The number of nitrogens with one attached hydrogen (secondary N) is 2. The van der Waals surface area contributed by atoms with Crippen molar-refractivity contribution in [2.45, 2.75) is 6.42 Å². The van der Waals surface area contributed by atoms with Crippen molar-refractivity contribution in [3.05, 3.63) is 57.6 Å². The zero-order valence-electron chi connectivity index (χ0n) is 13.6. The van der Waals surface area contributed by atoms with Crippen molar-refractivity contribution in [2.24, 2.45) is 0 Å². The van der Waals surface area contributed by atoms with Crippen LogP contribution in [0.5, 0.6) is 11.5 Å². The van der Waals surface area contributed by atoms with E-state index in [-0.39, 0.29) is 12.0 Å². The smallest absolute Gasteiger partial charge is 0.269 e. The number of benzene rings is 2. The molecule has 0 atom stereocenters. The van der Waals surface area contributed by atoms with Gasteiger partial charge >= 0.3 is 0 Å². The fourth-order valence-electron chi connectivity index (χ4n) is 2.02. The Kier molecular flexibility index (Phi) is 6.50. The molecule has 2 amide bonds. The van der Waals surface area contributed by atoms with Crippen LogP contribution in [0.3, 0.4) is 0 Å². The summed E-state index contributed by atoms with van der Waals surface area (Å²) in [5.41, 5.74) is 5.64. The largest absolute Gasteiger partial charge is 0.497 e. The predicted molar refractivity (Wildman–Crippen MR) is 95.3 cm³/mol. The van der Waals surface area contributed by atoms with Gasteiger partial charge in [0.15, 0.2) is 0 Å². The van der Waals surface area contributed by atoms with Gasteiger partial charge in [-0.25, -0.2) is 0 Å². The summed E-state index contributed by atoms with van der Waals surface area (Å²) in [6, 6.07) is 9.58. The Bertz CT molecular complexity index is 774. The first-order valence-electron chi connectivity index (χ1n) is 7.19. The molecule has 2 aromatic carbocycles. The highest BCUT2D eigenvalue weighted by molar-refractivity contribution is 6.42. The maximum Gasteiger partial charge on any atom is 0.269 e. The minimum Gasteiger partial charge on any atom is -0.497 e. The summed E-state index contributed by atoms with van der Waals surface area (Å²) in [6.45, 7) is 0. The van der Waals surface area contributed by atoms with Gasteiger partial charge in [-0.2, -0.15) is 0 Å². The molecule has 2 aromatic rings. The quantitative estimate of drug-likeness (QED) is 0.779. The Labute approximate surface area is 155 Å². The summed E-state index contributed by atoms with van der Waals surface area (Å²) in [5, 5.41) is 0.769. The molecule has 2 rings (SSSR count). The second-order valence-corrected chi connectivity index (χ2v) is 5.84. The molecule has 132 valence electrons. The van der Waals surface area contributed by atoms with Gasteiger partial charge in [-0.3, -0.25) is 20.4 Å². The van der Waals surface area contributed by atoms with Gasteiger partial charge in [-0.15, -0.1) is 0 Å². The summed E-state index contributed by atoms with van der Waals surface area (Å²) in [5.74, 6) is 0.0274. The first-order valence-corrected chi connectivity index (χ1v) is 7.94. The molecule has 0 saturated heterocycles. The van der Waals surface area contributed by atoms with Gasteiger partial charge in [0.2, 0.25) is 5.91 Å². The van der Waals surface area contributed by atoms with Gasteiger partial charge in [-0.1, -0.05) is 29.3 Å². The van der Waals surface area contributed by atoms with E-state index in [1.54, 1.807) is 24.3 Å². The van der Waals surface area contributed by atoms with Gasteiger partial charge < -0.3 is 9.47 Å². The normalized spacial score (nSPS) is 10.1. The van der Waals surface area contributed by atoms with E-state index in [0.29, 0.717) is 27.1 Å². The van der Waals surface area contributed by atoms with Crippen molar-refractivity contribution < 1.29 is 19.1 Å². The van der Waals surface area contributed by atoms with Crippen molar-refractivity contribution in [1.82, 2.24) is 10.9 Å². The van der Waals surface area contributed by atoms with Crippen molar-refractivity contribution in [2.75, 3.05) is 14.2 Å². The molecule has 0 aliphatic rings. The molecule has 0 spiro atoms. The standard InChI is InChI=1S/C17H16Cl2N2O4/c1-24-12-7-11(8-13(9-12)25-2)17(23)21-20-16(22)6-10-3-4-14(18)15(19)5-10/h3-5,7-9H,6H2,1-2H3,(H,20,22)(H,21,23). The molecule has 0 aliphatic heterocycles. The number of carbonyl (C=O) groups is 2. The van der Waals surface area contributed by atoms with Crippen LogP contribution >= 0.6 is 23.2 Å². The maximum atomic E-state index is 12.2. The molecule has 0 saturated carbocycles. The Morgan fingerprint density at radius 2 is 1.56 bits per heavy atom. The van der Waals surface area contributed by atoms with E-state index in [1.807, 2.05) is 0 Å². The van der Waals surface area contributed by atoms with Crippen molar-refractivity contribution in [3.63, 3.8) is 0 Å². The predicted octanol–water partition coefficient (Wildman–Crippen LogP) is 3.01. The molecular formula is C17H16Cl2N2O4.